The summed E-state index contributed by atoms with van der Waals surface area (Å²) in [5.41, 5.74) is 0.734. The van der Waals surface area contributed by atoms with Crippen molar-refractivity contribution in [1.29, 1.82) is 0 Å². The Morgan fingerprint density at radius 3 is 1.90 bits per heavy atom. The zero-order valence-electron chi connectivity index (χ0n) is 18.1. The van der Waals surface area contributed by atoms with Crippen LogP contribution in [0.15, 0.2) is 30.3 Å². The highest BCUT2D eigenvalue weighted by atomic mass is 31.2. The molecule has 2 rings (SSSR count). The first-order valence-electron chi connectivity index (χ1n) is 10.7. The zero-order valence-corrected chi connectivity index (χ0v) is 19.9. The van der Waals surface area contributed by atoms with Gasteiger partial charge in [0.05, 0.1) is 38.2 Å². The Bertz CT molecular complexity index is 676. The molecule has 1 aromatic carbocycles. The molecule has 0 aromatic heterocycles. The maximum absolute atomic E-state index is 13.9. The molecule has 29 heavy (non-hydrogen) atoms. The monoisotopic (exact) mass is 446 g/mol. The molecule has 0 N–H and O–H groups in total. The first kappa shape index (κ1) is 24.8. The third-order valence-electron chi connectivity index (χ3n) is 5.31. The highest BCUT2D eigenvalue weighted by Crippen LogP contribution is 2.65. The van der Waals surface area contributed by atoms with Crippen molar-refractivity contribution in [3.8, 4) is 0 Å². The molecule has 0 unspecified atom stereocenters. The van der Waals surface area contributed by atoms with Crippen LogP contribution in [-0.2, 0) is 27.2 Å². The minimum Gasteiger partial charge on any atom is -0.309 e. The van der Waals surface area contributed by atoms with E-state index in [1.807, 2.05) is 45.9 Å². The lowest BCUT2D eigenvalue weighted by Gasteiger charge is -2.42. The van der Waals surface area contributed by atoms with Crippen molar-refractivity contribution in [3.63, 3.8) is 0 Å². The molecule has 3 atom stereocenters. The van der Waals surface area contributed by atoms with E-state index in [-0.39, 0.29) is 23.7 Å². The number of hydrogen-bond donors (Lipinski definition) is 0. The van der Waals surface area contributed by atoms with Gasteiger partial charge in [-0.25, -0.2) is 0 Å². The second kappa shape index (κ2) is 11.8. The molecule has 0 spiro atoms. The molecule has 1 aliphatic rings. The molecule has 1 saturated carbocycles. The second-order valence-electron chi connectivity index (χ2n) is 7.20. The largest absolute Gasteiger partial charge is 0.334 e. The lowest BCUT2D eigenvalue weighted by atomic mass is 9.78. The summed E-state index contributed by atoms with van der Waals surface area (Å²) in [7, 11) is -6.71. The first-order valence-corrected chi connectivity index (χ1v) is 14.1. The summed E-state index contributed by atoms with van der Waals surface area (Å²) in [5, 5.41) is 0. The maximum Gasteiger partial charge on any atom is 0.334 e. The van der Waals surface area contributed by atoms with Crippen molar-refractivity contribution in [3.05, 3.63) is 35.9 Å². The van der Waals surface area contributed by atoms with Crippen LogP contribution in [0.1, 0.15) is 58.4 Å². The normalized spacial score (nSPS) is 23.2. The van der Waals surface area contributed by atoms with Gasteiger partial charge < -0.3 is 18.1 Å². The summed E-state index contributed by atoms with van der Waals surface area (Å²) < 4.78 is 49.9. The van der Waals surface area contributed by atoms with Crippen molar-refractivity contribution >= 4 is 15.2 Å². The van der Waals surface area contributed by atoms with Gasteiger partial charge in [0.2, 0.25) is 0 Å². The van der Waals surface area contributed by atoms with Crippen molar-refractivity contribution in [2.24, 2.45) is 5.92 Å². The van der Waals surface area contributed by atoms with Crippen LogP contribution in [0.4, 0.5) is 0 Å². The Morgan fingerprint density at radius 1 is 0.828 bits per heavy atom. The van der Waals surface area contributed by atoms with E-state index in [4.69, 9.17) is 18.1 Å². The van der Waals surface area contributed by atoms with Crippen LogP contribution in [0.25, 0.3) is 0 Å². The summed E-state index contributed by atoms with van der Waals surface area (Å²) in [5.74, 6) is -0.127. The highest BCUT2D eigenvalue weighted by Gasteiger charge is 2.50. The van der Waals surface area contributed by atoms with Gasteiger partial charge in [0.15, 0.2) is 0 Å². The molecule has 8 heteroatoms. The van der Waals surface area contributed by atoms with Crippen LogP contribution in [0.2, 0.25) is 0 Å². The van der Waals surface area contributed by atoms with E-state index in [9.17, 15) is 9.13 Å². The second-order valence-corrected chi connectivity index (χ2v) is 11.5. The Labute approximate surface area is 175 Å². The Kier molecular flexibility index (Phi) is 10.1. The lowest BCUT2D eigenvalue weighted by molar-refractivity contribution is 0.181. The Hall–Kier alpha value is -0.480. The molecule has 0 bridgehead atoms. The maximum atomic E-state index is 13.9. The predicted octanol–water partition coefficient (Wildman–Crippen LogP) is 6.47. The number of hydrogen-bond acceptors (Lipinski definition) is 6. The van der Waals surface area contributed by atoms with E-state index in [2.05, 4.69) is 12.1 Å². The summed E-state index contributed by atoms with van der Waals surface area (Å²) in [6, 6.07) is 10.1. The van der Waals surface area contributed by atoms with Crippen LogP contribution in [-0.4, -0.2) is 38.2 Å². The first-order chi connectivity index (χ1) is 13.9. The highest BCUT2D eigenvalue weighted by molar-refractivity contribution is 7.55. The van der Waals surface area contributed by atoms with Gasteiger partial charge in [-0.05, 0) is 57.9 Å². The van der Waals surface area contributed by atoms with Crippen molar-refractivity contribution in [1.82, 2.24) is 0 Å². The van der Waals surface area contributed by atoms with E-state index in [0.29, 0.717) is 26.4 Å². The zero-order chi connectivity index (χ0) is 21.3. The smallest absolute Gasteiger partial charge is 0.309 e. The average Bonchev–Trinajstić information content (AvgIpc) is 2.69. The Morgan fingerprint density at radius 2 is 1.38 bits per heavy atom. The molecule has 0 saturated heterocycles. The van der Waals surface area contributed by atoms with Gasteiger partial charge in [0.1, 0.15) is 0 Å². The average molecular weight is 446 g/mol. The summed E-state index contributed by atoms with van der Waals surface area (Å²) in [6.45, 7) is 8.49. The molecule has 1 aliphatic carbocycles. The molecule has 6 nitrogen and oxygen atoms in total. The van der Waals surface area contributed by atoms with Gasteiger partial charge in [0.25, 0.3) is 0 Å². The minimum absolute atomic E-state index is 0.00980. The molecule has 0 aliphatic heterocycles. The van der Waals surface area contributed by atoms with Crippen LogP contribution in [0, 0.1) is 5.92 Å². The van der Waals surface area contributed by atoms with Crippen molar-refractivity contribution in [2.45, 2.75) is 58.5 Å². The molecule has 166 valence electrons. The standard InChI is InChI=1S/C21H36O6P2/c1-5-24-28(22,25-6-2)17-19-15-12-16-20(18-13-10-9-11-14-18)21(19)29(23,26-7-3)27-8-4/h9-11,13-14,19-21H,5-8,12,15-17H2,1-4H3/t19-,20+,21-/m1/s1. The molecule has 1 fully saturated rings. The third kappa shape index (κ3) is 6.50. The van der Waals surface area contributed by atoms with Crippen LogP contribution in [0.3, 0.4) is 0 Å². The van der Waals surface area contributed by atoms with E-state index in [1.54, 1.807) is 0 Å². The number of rotatable bonds is 12. The topological polar surface area (TPSA) is 71.1 Å². The fourth-order valence-electron chi connectivity index (χ4n) is 4.40. The summed E-state index contributed by atoms with van der Waals surface area (Å²) in [6.07, 6.45) is 2.87. The molecule has 0 amide bonds. The molecular weight excluding hydrogens is 410 g/mol. The minimum atomic E-state index is -3.43. The van der Waals surface area contributed by atoms with Gasteiger partial charge in [-0.3, -0.25) is 9.13 Å². The quantitative estimate of drug-likeness (QED) is 0.343. The van der Waals surface area contributed by atoms with Crippen LogP contribution < -0.4 is 0 Å². The van der Waals surface area contributed by atoms with Gasteiger partial charge in [0, 0.05) is 0 Å². The van der Waals surface area contributed by atoms with Crippen molar-refractivity contribution < 1.29 is 27.2 Å². The lowest BCUT2D eigenvalue weighted by Crippen LogP contribution is -2.36. The Balaban J connectivity index is 2.46. The summed E-state index contributed by atoms with van der Waals surface area (Å²) >= 11 is 0. The fourth-order valence-corrected chi connectivity index (χ4v) is 9.30. The summed E-state index contributed by atoms with van der Waals surface area (Å²) in [4.78, 5) is 0. The van der Waals surface area contributed by atoms with E-state index in [0.717, 1.165) is 24.8 Å². The predicted molar refractivity (Wildman–Crippen MR) is 117 cm³/mol. The SMILES string of the molecule is CCOP(=O)(C[C@H]1CCC[C@@H](c2ccccc2)[C@@H]1P(=O)(OCC)OCC)OCC. The molecule has 0 heterocycles. The van der Waals surface area contributed by atoms with Crippen molar-refractivity contribution in [2.75, 3.05) is 32.6 Å². The van der Waals surface area contributed by atoms with Gasteiger partial charge >= 0.3 is 15.2 Å². The van der Waals surface area contributed by atoms with Gasteiger partial charge in [-0.2, -0.15) is 0 Å². The van der Waals surface area contributed by atoms with E-state index in [1.165, 1.54) is 0 Å². The van der Waals surface area contributed by atoms with Gasteiger partial charge in [-0.15, -0.1) is 0 Å². The molecule has 1 aromatic rings. The van der Waals surface area contributed by atoms with Gasteiger partial charge in [-0.1, -0.05) is 36.8 Å². The molecule has 0 radical (unpaired) electrons. The van der Waals surface area contributed by atoms with E-state index >= 15 is 0 Å². The molecular formula is C21H36O6P2. The van der Waals surface area contributed by atoms with E-state index < -0.39 is 15.2 Å². The van der Waals surface area contributed by atoms with Crippen LogP contribution >= 0.6 is 15.2 Å². The fraction of sp³-hybridized carbons (Fsp3) is 0.714. The third-order valence-corrected chi connectivity index (χ3v) is 10.3. The number of benzene rings is 1. The van der Waals surface area contributed by atoms with Crippen LogP contribution in [0.5, 0.6) is 0 Å².